The molecular weight excluding hydrogens is 458 g/mol. The van der Waals surface area contributed by atoms with Crippen molar-refractivity contribution in [3.63, 3.8) is 0 Å². The fourth-order valence-electron chi connectivity index (χ4n) is 2.76. The molecule has 0 saturated heterocycles. The summed E-state index contributed by atoms with van der Waals surface area (Å²) in [5, 5.41) is 23.2. The average molecular weight is 478 g/mol. The van der Waals surface area contributed by atoms with Gasteiger partial charge in [-0.15, -0.1) is 0 Å². The van der Waals surface area contributed by atoms with Gasteiger partial charge in [0.05, 0.1) is 10.9 Å². The van der Waals surface area contributed by atoms with E-state index in [0.717, 1.165) is 16.7 Å². The van der Waals surface area contributed by atoms with E-state index in [4.69, 9.17) is 24.9 Å². The van der Waals surface area contributed by atoms with Crippen LogP contribution < -0.4 is 10.5 Å². The molecule has 33 heavy (non-hydrogen) atoms. The first-order valence-corrected chi connectivity index (χ1v) is 10.8. The number of carboxylic acid groups (broad SMARTS) is 2. The van der Waals surface area contributed by atoms with Crippen LogP contribution in [-0.4, -0.2) is 30.6 Å². The summed E-state index contributed by atoms with van der Waals surface area (Å²) >= 11 is 0. The van der Waals surface area contributed by atoms with Crippen LogP contribution in [0.25, 0.3) is 0 Å². The van der Waals surface area contributed by atoms with Gasteiger partial charge in [0.15, 0.2) is 0 Å². The Morgan fingerprint density at radius 3 is 1.52 bits per heavy atom. The Labute approximate surface area is 188 Å². The molecule has 3 rings (SSSR count). The Bertz CT molecular complexity index is 1140. The molecule has 0 atom stereocenters. The molecule has 0 aliphatic heterocycles. The third-order valence-corrected chi connectivity index (χ3v) is 5.28. The molecule has 174 valence electrons. The molecule has 0 heterocycles. The molecule has 0 radical (unpaired) electrons. The molecule has 8 nitrogen and oxygen atoms in total. The van der Waals surface area contributed by atoms with Gasteiger partial charge in [0.1, 0.15) is 11.6 Å². The molecule has 0 unspecified atom stereocenters. The van der Waals surface area contributed by atoms with Crippen LogP contribution in [0.2, 0.25) is 0 Å². The highest BCUT2D eigenvalue weighted by atomic mass is 32.2. The molecule has 0 aromatic heterocycles. The summed E-state index contributed by atoms with van der Waals surface area (Å²) in [6, 6.07) is 18.1. The number of primary sulfonamides is 1. The molecule has 11 heteroatoms. The molecule has 0 bridgehead atoms. The number of nitrogens with one attached hydrogen (secondary N) is 1. The number of carboxylic acids is 2. The molecule has 0 amide bonds. The van der Waals surface area contributed by atoms with Crippen LogP contribution in [0, 0.1) is 11.6 Å². The van der Waals surface area contributed by atoms with Crippen molar-refractivity contribution >= 4 is 22.0 Å². The van der Waals surface area contributed by atoms with Gasteiger partial charge in [-0.05, 0) is 53.1 Å². The minimum Gasteiger partial charge on any atom is -0.473 e. The quantitative estimate of drug-likeness (QED) is 0.398. The van der Waals surface area contributed by atoms with Gasteiger partial charge in [0.25, 0.3) is 0 Å². The van der Waals surface area contributed by atoms with Crippen LogP contribution in [0.3, 0.4) is 0 Å². The number of hydrogen-bond acceptors (Lipinski definition) is 5. The Hall–Kier alpha value is -3.67. The van der Waals surface area contributed by atoms with Crippen molar-refractivity contribution in [2.75, 3.05) is 0 Å². The van der Waals surface area contributed by atoms with Crippen LogP contribution in [-0.2, 0) is 26.2 Å². The smallest absolute Gasteiger partial charge is 0.414 e. The van der Waals surface area contributed by atoms with E-state index in [-0.39, 0.29) is 22.6 Å². The Morgan fingerprint density at radius 1 is 0.788 bits per heavy atom. The normalized spacial score (nSPS) is 10.9. The Balaban J connectivity index is 0.000000569. The summed E-state index contributed by atoms with van der Waals surface area (Å²) < 4.78 is 49.2. The van der Waals surface area contributed by atoms with Gasteiger partial charge in [-0.25, -0.2) is 31.9 Å². The lowest BCUT2D eigenvalue weighted by Gasteiger charge is -2.20. The zero-order valence-electron chi connectivity index (χ0n) is 17.0. The van der Waals surface area contributed by atoms with Gasteiger partial charge in [-0.3, -0.25) is 0 Å². The molecule has 0 aliphatic carbocycles. The number of rotatable bonds is 6. The van der Waals surface area contributed by atoms with Crippen LogP contribution >= 0.6 is 0 Å². The van der Waals surface area contributed by atoms with E-state index in [9.17, 15) is 17.2 Å². The highest BCUT2D eigenvalue weighted by molar-refractivity contribution is 7.89. The van der Waals surface area contributed by atoms with Crippen LogP contribution in [0.4, 0.5) is 8.78 Å². The fraction of sp³-hybridized carbons (Fsp3) is 0.0909. The van der Waals surface area contributed by atoms with Gasteiger partial charge in [-0.1, -0.05) is 36.4 Å². The summed E-state index contributed by atoms with van der Waals surface area (Å²) in [5.74, 6) is -4.32. The van der Waals surface area contributed by atoms with Crippen LogP contribution in [0.5, 0.6) is 0 Å². The van der Waals surface area contributed by atoms with E-state index in [1.54, 1.807) is 36.4 Å². The maximum absolute atomic E-state index is 13.3. The standard InChI is InChI=1S/C20H18F2N2O2S.C2H2O4/c21-17-7-3-15(4-8-17)20(16-5-9-18(22)10-6-16)24-13-14-1-11-19(12-2-14)27(23,25)26;3-1(4)2(5)6/h1-12,20,24H,13H2,(H2,23,25,26);(H,3,4)(H,5,6). The maximum atomic E-state index is 13.3. The topological polar surface area (TPSA) is 147 Å². The van der Waals surface area contributed by atoms with E-state index in [2.05, 4.69) is 5.32 Å². The zero-order chi connectivity index (χ0) is 24.6. The maximum Gasteiger partial charge on any atom is 0.414 e. The van der Waals surface area contributed by atoms with Gasteiger partial charge in [-0.2, -0.15) is 0 Å². The molecule has 3 aromatic carbocycles. The first kappa shape index (κ1) is 25.6. The summed E-state index contributed by atoms with van der Waals surface area (Å²) in [4.78, 5) is 18.2. The van der Waals surface area contributed by atoms with Crippen molar-refractivity contribution in [2.45, 2.75) is 17.5 Å². The lowest BCUT2D eigenvalue weighted by molar-refractivity contribution is -0.159. The lowest BCUT2D eigenvalue weighted by Crippen LogP contribution is -2.22. The minimum absolute atomic E-state index is 0.0415. The first-order valence-electron chi connectivity index (χ1n) is 9.29. The molecule has 3 aromatic rings. The predicted molar refractivity (Wildman–Crippen MR) is 115 cm³/mol. The van der Waals surface area contributed by atoms with Crippen LogP contribution in [0.15, 0.2) is 77.7 Å². The Kier molecular flexibility index (Phi) is 8.74. The molecular formula is C22H20F2N2O6S. The lowest BCUT2D eigenvalue weighted by atomic mass is 9.98. The molecule has 0 aliphatic rings. The van der Waals surface area contributed by atoms with Crippen molar-refractivity contribution in [1.29, 1.82) is 0 Å². The number of nitrogens with two attached hydrogens (primary N) is 1. The number of benzene rings is 3. The third-order valence-electron chi connectivity index (χ3n) is 4.35. The zero-order valence-corrected chi connectivity index (χ0v) is 17.8. The van der Waals surface area contributed by atoms with Gasteiger partial charge in [0.2, 0.25) is 10.0 Å². The predicted octanol–water partition coefficient (Wildman–Crippen LogP) is 2.65. The second-order valence-electron chi connectivity index (χ2n) is 6.72. The fourth-order valence-corrected chi connectivity index (χ4v) is 3.27. The SMILES string of the molecule is NS(=O)(=O)c1ccc(CNC(c2ccc(F)cc2)c2ccc(F)cc2)cc1.O=C(O)C(=O)O. The van der Waals surface area contributed by atoms with E-state index < -0.39 is 22.0 Å². The van der Waals surface area contributed by atoms with E-state index in [1.807, 2.05) is 0 Å². The van der Waals surface area contributed by atoms with Crippen molar-refractivity contribution in [3.05, 3.63) is 101 Å². The van der Waals surface area contributed by atoms with E-state index >= 15 is 0 Å². The van der Waals surface area contributed by atoms with Crippen molar-refractivity contribution in [1.82, 2.24) is 5.32 Å². The van der Waals surface area contributed by atoms with Crippen molar-refractivity contribution in [2.24, 2.45) is 5.14 Å². The second kappa shape index (κ2) is 11.3. The molecule has 0 fully saturated rings. The summed E-state index contributed by atoms with van der Waals surface area (Å²) in [7, 11) is -3.74. The summed E-state index contributed by atoms with van der Waals surface area (Å²) in [6.45, 7) is 0.421. The average Bonchev–Trinajstić information content (AvgIpc) is 2.76. The first-order chi connectivity index (χ1) is 15.5. The van der Waals surface area contributed by atoms with E-state index in [0.29, 0.717) is 6.54 Å². The highest BCUT2D eigenvalue weighted by Gasteiger charge is 2.14. The molecule has 5 N–H and O–H groups in total. The summed E-state index contributed by atoms with van der Waals surface area (Å²) in [5.41, 5.74) is 2.49. The van der Waals surface area contributed by atoms with Gasteiger partial charge >= 0.3 is 11.9 Å². The number of sulfonamides is 1. The highest BCUT2D eigenvalue weighted by Crippen LogP contribution is 2.23. The monoisotopic (exact) mass is 478 g/mol. The molecule has 0 spiro atoms. The van der Waals surface area contributed by atoms with Gasteiger partial charge in [0, 0.05) is 6.54 Å². The van der Waals surface area contributed by atoms with Crippen LogP contribution in [0.1, 0.15) is 22.7 Å². The number of hydrogen-bond donors (Lipinski definition) is 4. The van der Waals surface area contributed by atoms with Crippen molar-refractivity contribution < 1.29 is 37.0 Å². The number of aliphatic carboxylic acids is 2. The summed E-state index contributed by atoms with van der Waals surface area (Å²) in [6.07, 6.45) is 0. The second-order valence-corrected chi connectivity index (χ2v) is 8.28. The molecule has 0 saturated carbocycles. The largest absolute Gasteiger partial charge is 0.473 e. The number of carbonyl (C=O) groups is 2. The third kappa shape index (κ3) is 8.07. The van der Waals surface area contributed by atoms with Crippen molar-refractivity contribution in [3.8, 4) is 0 Å². The number of halogens is 2. The van der Waals surface area contributed by atoms with Gasteiger partial charge < -0.3 is 15.5 Å². The van der Waals surface area contributed by atoms with E-state index in [1.165, 1.54) is 36.4 Å². The Morgan fingerprint density at radius 2 is 1.18 bits per heavy atom. The minimum atomic E-state index is -3.74.